The van der Waals surface area contributed by atoms with Gasteiger partial charge in [-0.15, -0.1) is 0 Å². The van der Waals surface area contributed by atoms with Gasteiger partial charge in [0.1, 0.15) is 0 Å². The van der Waals surface area contributed by atoms with Gasteiger partial charge in [0.15, 0.2) is 9.84 Å². The molecule has 1 aromatic heterocycles. The van der Waals surface area contributed by atoms with Crippen LogP contribution in [0.5, 0.6) is 0 Å². The summed E-state index contributed by atoms with van der Waals surface area (Å²) in [6, 6.07) is 4.67. The standard InChI is InChI=1S/C13H15N3O4S/c14-11(8-3-4-21(19,20)6-8)7-1-2-9-10(5-7)16-13(18)12(17)15-9/h1-2,5,8,11H,3-4,6,14H2,(H,15,17)(H,16,18). The Bertz CT molecular complexity index is 913. The Labute approximate surface area is 120 Å². The first-order valence-corrected chi connectivity index (χ1v) is 8.40. The second kappa shape index (κ2) is 4.81. The van der Waals surface area contributed by atoms with Gasteiger partial charge < -0.3 is 15.7 Å². The highest BCUT2D eigenvalue weighted by atomic mass is 32.2. The van der Waals surface area contributed by atoms with Gasteiger partial charge in [0.05, 0.1) is 22.5 Å². The molecule has 7 nitrogen and oxygen atoms in total. The third kappa shape index (κ3) is 2.64. The SMILES string of the molecule is NC(c1ccc2[nH]c(=O)c(=O)[nH]c2c1)C1CCS(=O)(=O)C1. The second-order valence-electron chi connectivity index (χ2n) is 5.40. The fourth-order valence-electron chi connectivity index (χ4n) is 2.72. The number of benzene rings is 1. The summed E-state index contributed by atoms with van der Waals surface area (Å²) in [6.07, 6.45) is 0.545. The Morgan fingerprint density at radius 3 is 2.43 bits per heavy atom. The van der Waals surface area contributed by atoms with E-state index in [1.54, 1.807) is 18.2 Å². The van der Waals surface area contributed by atoms with Crippen LogP contribution in [0.1, 0.15) is 18.0 Å². The molecule has 0 aliphatic carbocycles. The predicted octanol–water partition coefficient (Wildman–Crippen LogP) is -0.349. The van der Waals surface area contributed by atoms with E-state index in [1.165, 1.54) is 0 Å². The topological polar surface area (TPSA) is 126 Å². The molecule has 112 valence electrons. The monoisotopic (exact) mass is 309 g/mol. The van der Waals surface area contributed by atoms with Crippen LogP contribution < -0.4 is 16.9 Å². The first-order valence-electron chi connectivity index (χ1n) is 6.58. The Balaban J connectivity index is 1.99. The minimum absolute atomic E-state index is 0.0916. The molecule has 0 spiro atoms. The maximum Gasteiger partial charge on any atom is 0.314 e. The number of nitrogens with two attached hydrogens (primary N) is 1. The van der Waals surface area contributed by atoms with Gasteiger partial charge in [0.25, 0.3) is 0 Å². The molecule has 0 amide bonds. The molecule has 21 heavy (non-hydrogen) atoms. The number of hydrogen-bond donors (Lipinski definition) is 3. The first kappa shape index (κ1) is 14.0. The van der Waals surface area contributed by atoms with E-state index in [4.69, 9.17) is 5.73 Å². The largest absolute Gasteiger partial charge is 0.324 e. The maximum atomic E-state index is 11.5. The van der Waals surface area contributed by atoms with Crippen molar-refractivity contribution in [1.29, 1.82) is 0 Å². The molecule has 0 radical (unpaired) electrons. The maximum absolute atomic E-state index is 11.5. The smallest absolute Gasteiger partial charge is 0.314 e. The zero-order valence-corrected chi connectivity index (χ0v) is 11.9. The van der Waals surface area contributed by atoms with Gasteiger partial charge >= 0.3 is 11.1 Å². The lowest BCUT2D eigenvalue weighted by Gasteiger charge is -2.18. The predicted molar refractivity (Wildman–Crippen MR) is 78.9 cm³/mol. The Morgan fingerprint density at radius 2 is 1.81 bits per heavy atom. The summed E-state index contributed by atoms with van der Waals surface area (Å²) in [5, 5.41) is 0. The van der Waals surface area contributed by atoms with Gasteiger partial charge in [-0.2, -0.15) is 0 Å². The van der Waals surface area contributed by atoms with Crippen LogP contribution in [0.2, 0.25) is 0 Å². The number of hydrogen-bond acceptors (Lipinski definition) is 5. The van der Waals surface area contributed by atoms with Crippen molar-refractivity contribution < 1.29 is 8.42 Å². The average Bonchev–Trinajstić information content (AvgIpc) is 2.79. The molecular weight excluding hydrogens is 294 g/mol. The third-order valence-corrected chi connectivity index (χ3v) is 5.70. The molecule has 1 saturated heterocycles. The molecule has 1 aromatic carbocycles. The summed E-state index contributed by atoms with van der Waals surface area (Å²) in [7, 11) is -2.99. The van der Waals surface area contributed by atoms with E-state index in [-0.39, 0.29) is 17.4 Å². The van der Waals surface area contributed by atoms with E-state index in [0.29, 0.717) is 17.5 Å². The van der Waals surface area contributed by atoms with Crippen molar-refractivity contribution in [3.63, 3.8) is 0 Å². The molecule has 1 aliphatic rings. The molecule has 3 rings (SSSR count). The van der Waals surface area contributed by atoms with Gasteiger partial charge in [-0.05, 0) is 30.0 Å². The van der Waals surface area contributed by atoms with Crippen LogP contribution in [-0.4, -0.2) is 29.9 Å². The van der Waals surface area contributed by atoms with Gasteiger partial charge in [-0.25, -0.2) is 8.42 Å². The Morgan fingerprint density at radius 1 is 1.14 bits per heavy atom. The van der Waals surface area contributed by atoms with Crippen LogP contribution in [0.3, 0.4) is 0 Å². The molecule has 0 bridgehead atoms. The van der Waals surface area contributed by atoms with Crippen LogP contribution in [0.4, 0.5) is 0 Å². The lowest BCUT2D eigenvalue weighted by atomic mass is 9.93. The molecule has 1 fully saturated rings. The molecule has 2 atom stereocenters. The van der Waals surface area contributed by atoms with E-state index >= 15 is 0 Å². The van der Waals surface area contributed by atoms with Crippen molar-refractivity contribution in [3.05, 3.63) is 44.5 Å². The van der Waals surface area contributed by atoms with Crippen LogP contribution in [-0.2, 0) is 9.84 Å². The summed E-state index contributed by atoms with van der Waals surface area (Å²) in [5.74, 6) is 0.138. The minimum atomic E-state index is -2.99. The van der Waals surface area contributed by atoms with Crippen molar-refractivity contribution in [2.24, 2.45) is 11.7 Å². The molecule has 2 heterocycles. The molecule has 4 N–H and O–H groups in total. The highest BCUT2D eigenvalue weighted by Crippen LogP contribution is 2.30. The molecule has 1 aliphatic heterocycles. The highest BCUT2D eigenvalue weighted by Gasteiger charge is 2.32. The van der Waals surface area contributed by atoms with E-state index < -0.39 is 27.0 Å². The summed E-state index contributed by atoms with van der Waals surface area (Å²) in [5.41, 5.74) is 6.45. The van der Waals surface area contributed by atoms with Gasteiger partial charge in [-0.3, -0.25) is 9.59 Å². The minimum Gasteiger partial charge on any atom is -0.324 e. The first-order chi connectivity index (χ1) is 9.85. The number of aromatic amines is 2. The van der Waals surface area contributed by atoms with Crippen LogP contribution in [0.15, 0.2) is 27.8 Å². The highest BCUT2D eigenvalue weighted by molar-refractivity contribution is 7.91. The van der Waals surface area contributed by atoms with Gasteiger partial charge in [0, 0.05) is 6.04 Å². The molecule has 2 aromatic rings. The number of fused-ring (bicyclic) bond motifs is 1. The summed E-state index contributed by atoms with van der Waals surface area (Å²) < 4.78 is 23.1. The molecular formula is C13H15N3O4S. The van der Waals surface area contributed by atoms with E-state index in [0.717, 1.165) is 5.56 Å². The van der Waals surface area contributed by atoms with Gasteiger partial charge in [0.2, 0.25) is 0 Å². The number of H-pyrrole nitrogens is 2. The normalized spacial score (nSPS) is 22.4. The van der Waals surface area contributed by atoms with Crippen molar-refractivity contribution >= 4 is 20.9 Å². The van der Waals surface area contributed by atoms with Crippen LogP contribution >= 0.6 is 0 Å². The quantitative estimate of drug-likeness (QED) is 0.654. The van der Waals surface area contributed by atoms with Crippen molar-refractivity contribution in [2.45, 2.75) is 12.5 Å². The number of aromatic nitrogens is 2. The van der Waals surface area contributed by atoms with Crippen LogP contribution in [0.25, 0.3) is 11.0 Å². The third-order valence-electron chi connectivity index (χ3n) is 3.91. The Hall–Kier alpha value is -1.93. The molecule has 8 heteroatoms. The summed E-state index contributed by atoms with van der Waals surface area (Å²) in [4.78, 5) is 27.5. The van der Waals surface area contributed by atoms with Crippen LogP contribution in [0, 0.1) is 5.92 Å². The lowest BCUT2D eigenvalue weighted by molar-refractivity contribution is 0.480. The number of sulfone groups is 1. The van der Waals surface area contributed by atoms with Crippen molar-refractivity contribution in [1.82, 2.24) is 9.97 Å². The molecule has 2 unspecified atom stereocenters. The van der Waals surface area contributed by atoms with Gasteiger partial charge in [-0.1, -0.05) is 6.07 Å². The van der Waals surface area contributed by atoms with Crippen molar-refractivity contribution in [3.8, 4) is 0 Å². The summed E-state index contributed by atoms with van der Waals surface area (Å²) in [6.45, 7) is 0. The zero-order chi connectivity index (χ0) is 15.2. The summed E-state index contributed by atoms with van der Waals surface area (Å²) >= 11 is 0. The van der Waals surface area contributed by atoms with E-state index in [2.05, 4.69) is 9.97 Å². The zero-order valence-electron chi connectivity index (χ0n) is 11.1. The number of rotatable bonds is 2. The average molecular weight is 309 g/mol. The molecule has 0 saturated carbocycles. The van der Waals surface area contributed by atoms with E-state index in [9.17, 15) is 18.0 Å². The fraction of sp³-hybridized carbons (Fsp3) is 0.385. The van der Waals surface area contributed by atoms with E-state index in [1.807, 2.05) is 0 Å². The fourth-order valence-corrected chi connectivity index (χ4v) is 4.57. The second-order valence-corrected chi connectivity index (χ2v) is 7.63. The number of nitrogens with one attached hydrogen (secondary N) is 2. The Kier molecular flexibility index (Phi) is 3.22. The van der Waals surface area contributed by atoms with Crippen molar-refractivity contribution in [2.75, 3.05) is 11.5 Å². The lowest BCUT2D eigenvalue weighted by Crippen LogP contribution is -2.29.